The van der Waals surface area contributed by atoms with Crippen LogP contribution in [0.4, 0.5) is 13.2 Å². The molecule has 1 heterocycles. The van der Waals surface area contributed by atoms with Gasteiger partial charge in [0.2, 0.25) is 5.91 Å². The standard InChI is InChI=1S/C28H29F3N2O3/c1-35-24-16-20-14-15-33(26(27(32)34)19-9-4-3-5-10-19)23(21(20)17-25(24)36-2)13-12-18-8-6-7-11-22(18)28(29,30)31/h3-11,16-17,23,26H,12-15H2,1-2H3,(H2,32,34). The molecule has 8 heteroatoms. The molecule has 0 aromatic heterocycles. The topological polar surface area (TPSA) is 64.8 Å². The molecule has 190 valence electrons. The number of ether oxygens (including phenoxy) is 2. The summed E-state index contributed by atoms with van der Waals surface area (Å²) in [6, 6.07) is 17.5. The summed E-state index contributed by atoms with van der Waals surface area (Å²) >= 11 is 0. The molecule has 36 heavy (non-hydrogen) atoms. The highest BCUT2D eigenvalue weighted by Gasteiger charge is 2.38. The van der Waals surface area contributed by atoms with Crippen molar-refractivity contribution in [2.45, 2.75) is 37.5 Å². The number of hydrogen-bond donors (Lipinski definition) is 1. The maximum atomic E-state index is 13.7. The minimum atomic E-state index is -4.45. The third-order valence-electron chi connectivity index (χ3n) is 6.77. The van der Waals surface area contributed by atoms with E-state index in [-0.39, 0.29) is 18.0 Å². The Morgan fingerprint density at radius 2 is 1.67 bits per heavy atom. The van der Waals surface area contributed by atoms with E-state index in [1.54, 1.807) is 13.2 Å². The van der Waals surface area contributed by atoms with Gasteiger partial charge in [0.1, 0.15) is 6.04 Å². The van der Waals surface area contributed by atoms with Gasteiger partial charge in [0.25, 0.3) is 0 Å². The summed E-state index contributed by atoms with van der Waals surface area (Å²) in [6.45, 7) is 0.510. The van der Waals surface area contributed by atoms with Gasteiger partial charge in [0, 0.05) is 12.6 Å². The Morgan fingerprint density at radius 1 is 1.03 bits per heavy atom. The highest BCUT2D eigenvalue weighted by molar-refractivity contribution is 5.81. The van der Waals surface area contributed by atoms with E-state index in [4.69, 9.17) is 15.2 Å². The van der Waals surface area contributed by atoms with Crippen LogP contribution in [-0.2, 0) is 23.8 Å². The minimum absolute atomic E-state index is 0.172. The van der Waals surface area contributed by atoms with Gasteiger partial charge in [-0.3, -0.25) is 9.69 Å². The molecule has 0 saturated carbocycles. The molecule has 0 bridgehead atoms. The van der Waals surface area contributed by atoms with E-state index >= 15 is 0 Å². The van der Waals surface area contributed by atoms with Crippen LogP contribution < -0.4 is 15.2 Å². The highest BCUT2D eigenvalue weighted by Crippen LogP contribution is 2.43. The van der Waals surface area contributed by atoms with Crippen molar-refractivity contribution in [1.82, 2.24) is 4.90 Å². The first kappa shape index (κ1) is 25.6. The molecule has 5 nitrogen and oxygen atoms in total. The molecule has 1 amide bonds. The number of nitrogens with zero attached hydrogens (tertiary/aromatic N) is 1. The Morgan fingerprint density at radius 3 is 2.31 bits per heavy atom. The number of primary amides is 1. The molecule has 4 rings (SSSR count). The maximum absolute atomic E-state index is 13.7. The Hall–Kier alpha value is -3.52. The summed E-state index contributed by atoms with van der Waals surface area (Å²) in [5, 5.41) is 0. The van der Waals surface area contributed by atoms with Crippen molar-refractivity contribution in [3.8, 4) is 11.5 Å². The average molecular weight is 499 g/mol. The number of amides is 1. The van der Waals surface area contributed by atoms with Gasteiger partial charge in [0.15, 0.2) is 11.5 Å². The maximum Gasteiger partial charge on any atom is 0.416 e. The number of carbonyl (C=O) groups is 1. The predicted molar refractivity (Wildman–Crippen MR) is 131 cm³/mol. The van der Waals surface area contributed by atoms with E-state index in [1.807, 2.05) is 47.4 Å². The number of aryl methyl sites for hydroxylation is 1. The van der Waals surface area contributed by atoms with Gasteiger partial charge in [-0.15, -0.1) is 0 Å². The van der Waals surface area contributed by atoms with Crippen LogP contribution in [0.5, 0.6) is 11.5 Å². The van der Waals surface area contributed by atoms with Crippen molar-refractivity contribution in [2.24, 2.45) is 5.73 Å². The Kier molecular flexibility index (Phi) is 7.54. The zero-order valence-electron chi connectivity index (χ0n) is 20.2. The number of methoxy groups -OCH3 is 2. The molecule has 0 fully saturated rings. The highest BCUT2D eigenvalue weighted by atomic mass is 19.4. The lowest BCUT2D eigenvalue weighted by molar-refractivity contribution is -0.138. The zero-order valence-corrected chi connectivity index (χ0v) is 20.2. The Labute approximate surface area is 208 Å². The lowest BCUT2D eigenvalue weighted by Gasteiger charge is -2.42. The van der Waals surface area contributed by atoms with E-state index in [0.29, 0.717) is 30.9 Å². The van der Waals surface area contributed by atoms with Crippen molar-refractivity contribution < 1.29 is 27.4 Å². The normalized spacial score (nSPS) is 16.8. The van der Waals surface area contributed by atoms with Crippen molar-refractivity contribution >= 4 is 5.91 Å². The first-order valence-corrected chi connectivity index (χ1v) is 11.7. The smallest absolute Gasteiger partial charge is 0.416 e. The molecular formula is C28H29F3N2O3. The van der Waals surface area contributed by atoms with Crippen molar-refractivity contribution in [2.75, 3.05) is 20.8 Å². The molecule has 3 aromatic carbocycles. The molecule has 0 radical (unpaired) electrons. The fourth-order valence-corrected chi connectivity index (χ4v) is 5.14. The van der Waals surface area contributed by atoms with Crippen LogP contribution in [0.15, 0.2) is 66.7 Å². The zero-order chi connectivity index (χ0) is 25.9. The molecule has 1 aliphatic heterocycles. The average Bonchev–Trinajstić information content (AvgIpc) is 2.87. The second-order valence-corrected chi connectivity index (χ2v) is 8.82. The number of rotatable bonds is 8. The van der Waals surface area contributed by atoms with Gasteiger partial charge < -0.3 is 15.2 Å². The van der Waals surface area contributed by atoms with Crippen LogP contribution >= 0.6 is 0 Å². The van der Waals surface area contributed by atoms with E-state index in [0.717, 1.165) is 22.8 Å². The van der Waals surface area contributed by atoms with E-state index in [2.05, 4.69) is 0 Å². The van der Waals surface area contributed by atoms with Crippen molar-refractivity contribution in [3.63, 3.8) is 0 Å². The SMILES string of the molecule is COc1cc2c(cc1OC)C(CCc1ccccc1C(F)(F)F)N(C(C(N)=O)c1ccccc1)CC2. The summed E-state index contributed by atoms with van der Waals surface area (Å²) in [4.78, 5) is 14.7. The summed E-state index contributed by atoms with van der Waals surface area (Å²) in [7, 11) is 3.10. The summed E-state index contributed by atoms with van der Waals surface area (Å²) in [6.07, 6.45) is -3.30. The van der Waals surface area contributed by atoms with Gasteiger partial charge in [-0.2, -0.15) is 13.2 Å². The molecule has 2 N–H and O–H groups in total. The van der Waals surface area contributed by atoms with Gasteiger partial charge in [-0.05, 0) is 59.7 Å². The Balaban J connectivity index is 1.78. The van der Waals surface area contributed by atoms with E-state index < -0.39 is 23.7 Å². The lowest BCUT2D eigenvalue weighted by atomic mass is 9.85. The molecule has 1 aliphatic rings. The quantitative estimate of drug-likeness (QED) is 0.447. The number of benzene rings is 3. The number of fused-ring (bicyclic) bond motifs is 1. The monoisotopic (exact) mass is 498 g/mol. The Bertz CT molecular complexity index is 1210. The molecule has 2 unspecified atom stereocenters. The fourth-order valence-electron chi connectivity index (χ4n) is 5.14. The summed E-state index contributed by atoms with van der Waals surface area (Å²) in [5.41, 5.74) is 8.12. The van der Waals surface area contributed by atoms with Gasteiger partial charge in [-0.25, -0.2) is 0 Å². The number of nitrogens with two attached hydrogens (primary N) is 1. The first-order valence-electron chi connectivity index (χ1n) is 11.7. The number of hydrogen-bond acceptors (Lipinski definition) is 4. The van der Waals surface area contributed by atoms with Crippen LogP contribution in [0.3, 0.4) is 0 Å². The molecule has 0 saturated heterocycles. The predicted octanol–water partition coefficient (Wildman–Crippen LogP) is 5.48. The number of halogens is 3. The molecule has 0 aliphatic carbocycles. The molecule has 0 spiro atoms. The summed E-state index contributed by atoms with van der Waals surface area (Å²) in [5.74, 6) is 0.598. The van der Waals surface area contributed by atoms with Gasteiger partial charge >= 0.3 is 6.18 Å². The number of alkyl halides is 3. The summed E-state index contributed by atoms with van der Waals surface area (Å²) < 4.78 is 52.0. The fraction of sp³-hybridized carbons (Fsp3) is 0.321. The van der Waals surface area contributed by atoms with Gasteiger partial charge in [-0.1, -0.05) is 48.5 Å². The van der Waals surface area contributed by atoms with Crippen LogP contribution in [-0.4, -0.2) is 31.6 Å². The van der Waals surface area contributed by atoms with Gasteiger partial charge in [0.05, 0.1) is 19.8 Å². The van der Waals surface area contributed by atoms with Crippen LogP contribution in [0.2, 0.25) is 0 Å². The second-order valence-electron chi connectivity index (χ2n) is 8.82. The molecule has 2 atom stereocenters. The van der Waals surface area contributed by atoms with Crippen LogP contribution in [0.1, 0.15) is 46.3 Å². The second kappa shape index (κ2) is 10.6. The lowest BCUT2D eigenvalue weighted by Crippen LogP contribution is -2.44. The largest absolute Gasteiger partial charge is 0.493 e. The van der Waals surface area contributed by atoms with Crippen LogP contribution in [0, 0.1) is 0 Å². The first-order chi connectivity index (χ1) is 17.2. The molecular weight excluding hydrogens is 469 g/mol. The number of carbonyl (C=O) groups excluding carboxylic acids is 1. The third-order valence-corrected chi connectivity index (χ3v) is 6.77. The van der Waals surface area contributed by atoms with Crippen molar-refractivity contribution in [1.29, 1.82) is 0 Å². The third kappa shape index (κ3) is 5.18. The minimum Gasteiger partial charge on any atom is -0.493 e. The van der Waals surface area contributed by atoms with Crippen LogP contribution in [0.25, 0.3) is 0 Å². The molecule has 3 aromatic rings. The van der Waals surface area contributed by atoms with Crippen molar-refractivity contribution in [3.05, 3.63) is 94.5 Å². The van der Waals surface area contributed by atoms with E-state index in [1.165, 1.54) is 19.2 Å². The van der Waals surface area contributed by atoms with E-state index in [9.17, 15) is 18.0 Å².